The van der Waals surface area contributed by atoms with Gasteiger partial charge in [0.1, 0.15) is 0 Å². The summed E-state index contributed by atoms with van der Waals surface area (Å²) in [5.41, 5.74) is 7.64. The van der Waals surface area contributed by atoms with Gasteiger partial charge < -0.3 is 19.7 Å². The van der Waals surface area contributed by atoms with Gasteiger partial charge in [-0.3, -0.25) is 9.59 Å². The number of nitrogens with one attached hydrogen (secondary N) is 3. The van der Waals surface area contributed by atoms with Crippen LogP contribution in [0.5, 0.6) is 0 Å². The van der Waals surface area contributed by atoms with Gasteiger partial charge in [-0.05, 0) is 53.1 Å². The molecule has 7 aromatic rings. The van der Waals surface area contributed by atoms with Gasteiger partial charge in [-0.1, -0.05) is 121 Å². The summed E-state index contributed by atoms with van der Waals surface area (Å²) >= 11 is 0. The number of aromatic amines is 3. The zero-order valence-corrected chi connectivity index (χ0v) is 28.3. The number of amides is 1. The molecule has 0 bridgehead atoms. The quantitative estimate of drug-likeness (QED) is 0.138. The third-order valence-electron chi connectivity index (χ3n) is 9.41. The Labute approximate surface area is 300 Å². The van der Waals surface area contributed by atoms with Crippen molar-refractivity contribution in [2.75, 3.05) is 7.11 Å². The Morgan fingerprint density at radius 1 is 0.596 bits per heavy atom. The Hall–Kier alpha value is -6.83. The second kappa shape index (κ2) is 13.8. The number of methoxy groups -OCH3 is 1. The molecule has 1 aliphatic rings. The average molecular weight is 679 g/mol. The lowest BCUT2D eigenvalue weighted by atomic mass is 9.84. The van der Waals surface area contributed by atoms with E-state index in [9.17, 15) is 9.59 Å². The Bertz CT molecular complexity index is 2580. The van der Waals surface area contributed by atoms with Crippen LogP contribution in [0.1, 0.15) is 49.7 Å². The van der Waals surface area contributed by atoms with Gasteiger partial charge in [-0.15, -0.1) is 0 Å². The molecule has 1 amide bonds. The first-order valence-corrected chi connectivity index (χ1v) is 17.0. The molecule has 3 aromatic heterocycles. The number of ether oxygens (including phenoxy) is 1. The van der Waals surface area contributed by atoms with Crippen molar-refractivity contribution in [1.29, 1.82) is 0 Å². The van der Waals surface area contributed by atoms with E-state index in [4.69, 9.17) is 4.74 Å². The standard InChI is InChI=1S/C45H34N4O3/c1-52-45(33-20-12-5-13-21-33,40-26-24-38(48-40)44(51)32-18-10-4-11-19-32)34-28-39(46-29-34)43(31-16-8-3-9-17-31)36-23-22-35(47-36)42(30-14-6-2-7-15-30)37-25-27-41(50)49-37/h2-29,46-48H,1H3/b42-35+,43-36+. The minimum atomic E-state index is -1.08. The molecule has 0 aliphatic carbocycles. The van der Waals surface area contributed by atoms with E-state index >= 15 is 0 Å². The highest BCUT2D eigenvalue weighted by molar-refractivity contribution is 6.34. The second-order valence-electron chi connectivity index (χ2n) is 12.5. The summed E-state index contributed by atoms with van der Waals surface area (Å²) in [5.74, 6) is -0.374. The summed E-state index contributed by atoms with van der Waals surface area (Å²) in [6, 6.07) is 49.3. The van der Waals surface area contributed by atoms with Crippen LogP contribution >= 0.6 is 0 Å². The number of hydrogen-bond donors (Lipinski definition) is 3. The number of nitrogens with zero attached hydrogens (tertiary/aromatic N) is 1. The van der Waals surface area contributed by atoms with E-state index in [1.54, 1.807) is 13.2 Å². The zero-order chi connectivity index (χ0) is 35.5. The van der Waals surface area contributed by atoms with E-state index < -0.39 is 5.60 Å². The van der Waals surface area contributed by atoms with Crippen molar-refractivity contribution in [2.45, 2.75) is 5.60 Å². The third kappa shape index (κ3) is 5.89. The molecular formula is C45H34N4O3. The Kier molecular flexibility index (Phi) is 8.61. The first-order valence-electron chi connectivity index (χ1n) is 17.0. The van der Waals surface area contributed by atoms with Gasteiger partial charge in [0.2, 0.25) is 5.78 Å². The van der Waals surface area contributed by atoms with Crippen LogP contribution in [0.3, 0.4) is 0 Å². The molecule has 1 aliphatic heterocycles. The molecule has 0 saturated heterocycles. The van der Waals surface area contributed by atoms with Crippen LogP contribution < -0.4 is 10.7 Å². The molecular weight excluding hydrogens is 645 g/mol. The highest BCUT2D eigenvalue weighted by Crippen LogP contribution is 2.41. The molecule has 8 rings (SSSR count). The molecule has 7 heteroatoms. The van der Waals surface area contributed by atoms with E-state index in [1.807, 2.05) is 134 Å². The van der Waals surface area contributed by atoms with Gasteiger partial charge in [0.15, 0.2) is 5.60 Å². The molecule has 0 radical (unpaired) electrons. The van der Waals surface area contributed by atoms with Gasteiger partial charge >= 0.3 is 0 Å². The van der Waals surface area contributed by atoms with E-state index in [1.165, 1.54) is 6.08 Å². The number of H-pyrrole nitrogens is 3. The fourth-order valence-electron chi connectivity index (χ4n) is 6.99. The van der Waals surface area contributed by atoms with Gasteiger partial charge in [-0.25, -0.2) is 4.99 Å². The lowest BCUT2D eigenvalue weighted by Gasteiger charge is -2.32. The maximum Gasteiger partial charge on any atom is 0.270 e. The number of allylic oxidation sites excluding steroid dienone is 1. The molecule has 0 fully saturated rings. The molecule has 252 valence electrons. The fourth-order valence-corrected chi connectivity index (χ4v) is 6.99. The summed E-state index contributed by atoms with van der Waals surface area (Å²) < 4.78 is 6.52. The first kappa shape index (κ1) is 32.4. The zero-order valence-electron chi connectivity index (χ0n) is 28.3. The van der Waals surface area contributed by atoms with Crippen molar-refractivity contribution < 1.29 is 14.3 Å². The van der Waals surface area contributed by atoms with Crippen LogP contribution in [0.15, 0.2) is 175 Å². The van der Waals surface area contributed by atoms with Crippen LogP contribution in [0.2, 0.25) is 0 Å². The molecule has 4 heterocycles. The van der Waals surface area contributed by atoms with Crippen LogP contribution in [0.4, 0.5) is 0 Å². The molecule has 1 atom stereocenters. The monoisotopic (exact) mass is 678 g/mol. The SMILES string of the molecule is COC(c1ccccc1)(c1c[nH]c(/C(c2ccccc2)=c2\cc/c(=C(\C3=NC(=O)C=C3)c3ccccc3)[nH]2)c1)c1ccc(C(=O)c2ccccc2)[nH]1. The van der Waals surface area contributed by atoms with Crippen molar-refractivity contribution in [2.24, 2.45) is 4.99 Å². The number of ketones is 1. The highest BCUT2D eigenvalue weighted by Gasteiger charge is 2.39. The Morgan fingerprint density at radius 2 is 1.17 bits per heavy atom. The first-order chi connectivity index (χ1) is 25.5. The number of aliphatic imine (C=N–C) groups is 1. The normalized spacial score (nSPS) is 14.9. The van der Waals surface area contributed by atoms with Crippen molar-refractivity contribution in [3.05, 3.63) is 226 Å². The number of rotatable bonds is 10. The molecule has 1 unspecified atom stereocenters. The average Bonchev–Trinajstić information content (AvgIpc) is 4.04. The molecule has 0 saturated carbocycles. The van der Waals surface area contributed by atoms with Crippen molar-refractivity contribution in [3.63, 3.8) is 0 Å². The molecule has 3 N–H and O–H groups in total. The maximum atomic E-state index is 13.5. The van der Waals surface area contributed by atoms with E-state index in [2.05, 4.69) is 44.2 Å². The van der Waals surface area contributed by atoms with Crippen LogP contribution in [0, 0.1) is 0 Å². The fraction of sp³-hybridized carbons (Fsp3) is 0.0444. The summed E-state index contributed by atoms with van der Waals surface area (Å²) in [6.45, 7) is 0. The maximum absolute atomic E-state index is 13.5. The molecule has 4 aromatic carbocycles. The molecule has 52 heavy (non-hydrogen) atoms. The molecule has 0 spiro atoms. The van der Waals surface area contributed by atoms with E-state index in [0.717, 1.165) is 55.5 Å². The van der Waals surface area contributed by atoms with Crippen LogP contribution in [-0.2, 0) is 15.1 Å². The number of aromatic nitrogens is 3. The van der Waals surface area contributed by atoms with Gasteiger partial charge in [0, 0.05) is 58.0 Å². The summed E-state index contributed by atoms with van der Waals surface area (Å²) in [6.07, 6.45) is 5.21. The largest absolute Gasteiger partial charge is 0.362 e. The number of hydrogen-bond acceptors (Lipinski definition) is 3. The summed E-state index contributed by atoms with van der Waals surface area (Å²) in [7, 11) is 1.68. The predicted molar refractivity (Wildman–Crippen MR) is 203 cm³/mol. The van der Waals surface area contributed by atoms with Crippen molar-refractivity contribution in [3.8, 4) is 0 Å². The van der Waals surface area contributed by atoms with Crippen LogP contribution in [-0.4, -0.2) is 39.5 Å². The Balaban J connectivity index is 1.32. The lowest BCUT2D eigenvalue weighted by Crippen LogP contribution is -2.31. The number of carbonyl (C=O) groups is 2. The predicted octanol–water partition coefficient (Wildman–Crippen LogP) is 6.82. The molecule has 7 nitrogen and oxygen atoms in total. The smallest absolute Gasteiger partial charge is 0.270 e. The minimum absolute atomic E-state index is 0.1000. The van der Waals surface area contributed by atoms with E-state index in [0.29, 0.717) is 17.0 Å². The third-order valence-corrected chi connectivity index (χ3v) is 9.41. The van der Waals surface area contributed by atoms with Crippen molar-refractivity contribution in [1.82, 2.24) is 15.0 Å². The topological polar surface area (TPSA) is 103 Å². The summed E-state index contributed by atoms with van der Waals surface area (Å²) in [4.78, 5) is 40.6. The van der Waals surface area contributed by atoms with Crippen LogP contribution in [0.25, 0.3) is 11.1 Å². The Morgan fingerprint density at radius 3 is 1.77 bits per heavy atom. The number of carbonyl (C=O) groups excluding carboxylic acids is 2. The van der Waals surface area contributed by atoms with Gasteiger partial charge in [0.05, 0.1) is 17.1 Å². The lowest BCUT2D eigenvalue weighted by molar-refractivity contribution is -0.113. The minimum Gasteiger partial charge on any atom is -0.362 e. The highest BCUT2D eigenvalue weighted by atomic mass is 16.5. The number of benzene rings is 4. The van der Waals surface area contributed by atoms with E-state index in [-0.39, 0.29) is 11.7 Å². The van der Waals surface area contributed by atoms with Gasteiger partial charge in [-0.2, -0.15) is 0 Å². The second-order valence-corrected chi connectivity index (χ2v) is 12.5. The van der Waals surface area contributed by atoms with Crippen molar-refractivity contribution >= 4 is 28.5 Å². The van der Waals surface area contributed by atoms with Gasteiger partial charge in [0.25, 0.3) is 5.91 Å². The summed E-state index contributed by atoms with van der Waals surface area (Å²) in [5, 5.41) is 1.70.